The van der Waals surface area contributed by atoms with E-state index in [2.05, 4.69) is 4.90 Å². The lowest BCUT2D eigenvalue weighted by atomic mass is 9.79. The first-order valence-electron chi connectivity index (χ1n) is 8.15. The third-order valence-corrected chi connectivity index (χ3v) is 5.92. The van der Waals surface area contributed by atoms with Crippen molar-refractivity contribution in [1.29, 1.82) is 0 Å². The van der Waals surface area contributed by atoms with E-state index >= 15 is 0 Å². The third-order valence-electron chi connectivity index (χ3n) is 5.92. The summed E-state index contributed by atoms with van der Waals surface area (Å²) in [6, 6.07) is 0.611. The second kappa shape index (κ2) is 5.30. The quantitative estimate of drug-likeness (QED) is 0.845. The molecule has 0 radical (unpaired) electrons. The molecule has 3 rings (SSSR count). The van der Waals surface area contributed by atoms with E-state index in [1.165, 1.54) is 25.7 Å². The molecule has 114 valence electrons. The number of carboxylic acid groups (broad SMARTS) is 1. The highest BCUT2D eigenvalue weighted by Gasteiger charge is 2.44. The van der Waals surface area contributed by atoms with Crippen molar-refractivity contribution < 1.29 is 14.6 Å². The maximum atomic E-state index is 11.3. The van der Waals surface area contributed by atoms with Crippen molar-refractivity contribution in [3.8, 4) is 0 Å². The van der Waals surface area contributed by atoms with Gasteiger partial charge < -0.3 is 14.7 Å². The van der Waals surface area contributed by atoms with Gasteiger partial charge in [-0.05, 0) is 58.5 Å². The minimum absolute atomic E-state index is 0.163. The van der Waals surface area contributed by atoms with Gasteiger partial charge in [-0.3, -0.25) is 4.79 Å². The monoisotopic (exact) mass is 281 g/mol. The number of nitrogens with zero attached hydrogens (tertiary/aromatic N) is 1. The summed E-state index contributed by atoms with van der Waals surface area (Å²) in [4.78, 5) is 13.9. The third kappa shape index (κ3) is 2.60. The van der Waals surface area contributed by atoms with Crippen molar-refractivity contribution in [3.05, 3.63) is 0 Å². The van der Waals surface area contributed by atoms with Crippen LogP contribution in [0.2, 0.25) is 0 Å². The summed E-state index contributed by atoms with van der Waals surface area (Å²) in [6.07, 6.45) is 8.92. The van der Waals surface area contributed by atoms with Gasteiger partial charge in [0.2, 0.25) is 0 Å². The summed E-state index contributed by atoms with van der Waals surface area (Å²) in [5.41, 5.74) is -0.344. The Morgan fingerprint density at radius 2 is 1.85 bits per heavy atom. The predicted octanol–water partition coefficient (Wildman–Crippen LogP) is 2.66. The number of hydrogen-bond acceptors (Lipinski definition) is 3. The van der Waals surface area contributed by atoms with Crippen LogP contribution in [-0.4, -0.2) is 47.3 Å². The van der Waals surface area contributed by atoms with Crippen LogP contribution in [0.25, 0.3) is 0 Å². The van der Waals surface area contributed by atoms with Gasteiger partial charge in [0, 0.05) is 12.6 Å². The highest BCUT2D eigenvalue weighted by molar-refractivity contribution is 5.74. The van der Waals surface area contributed by atoms with Crippen LogP contribution in [0.3, 0.4) is 0 Å². The summed E-state index contributed by atoms with van der Waals surface area (Å²) in [6.45, 7) is 4.65. The van der Waals surface area contributed by atoms with E-state index in [0.717, 1.165) is 45.4 Å². The molecule has 0 bridgehead atoms. The molecule has 2 heterocycles. The average molecular weight is 281 g/mol. The Hall–Kier alpha value is -0.610. The fourth-order valence-corrected chi connectivity index (χ4v) is 4.28. The van der Waals surface area contributed by atoms with E-state index in [0.29, 0.717) is 6.04 Å². The smallest absolute Gasteiger partial charge is 0.309 e. The molecule has 0 aromatic heterocycles. The average Bonchev–Trinajstić information content (AvgIpc) is 2.87. The molecule has 1 spiro atoms. The van der Waals surface area contributed by atoms with Gasteiger partial charge >= 0.3 is 5.97 Å². The van der Waals surface area contributed by atoms with Crippen molar-refractivity contribution >= 4 is 5.97 Å². The largest absolute Gasteiger partial charge is 0.481 e. The van der Waals surface area contributed by atoms with E-state index < -0.39 is 11.4 Å². The van der Waals surface area contributed by atoms with E-state index in [-0.39, 0.29) is 5.60 Å². The molecule has 3 aliphatic rings. The van der Waals surface area contributed by atoms with Gasteiger partial charge in [0.05, 0.1) is 11.0 Å². The number of rotatable bonds is 2. The van der Waals surface area contributed by atoms with Crippen LogP contribution in [0.4, 0.5) is 0 Å². The second-order valence-electron chi connectivity index (χ2n) is 7.29. The Labute approximate surface area is 121 Å². The molecule has 1 unspecified atom stereocenters. The Morgan fingerprint density at radius 3 is 2.45 bits per heavy atom. The van der Waals surface area contributed by atoms with Gasteiger partial charge in [-0.1, -0.05) is 12.8 Å². The fourth-order valence-electron chi connectivity index (χ4n) is 4.28. The number of carboxylic acids is 1. The SMILES string of the molecule is CC1(C(=O)O)CCN(C2CCOC3(CCCC3)C2)CC1. The van der Waals surface area contributed by atoms with Crippen LogP contribution in [-0.2, 0) is 9.53 Å². The molecule has 0 aromatic carbocycles. The number of carbonyl (C=O) groups is 1. The number of aliphatic carboxylic acids is 1. The van der Waals surface area contributed by atoms with Gasteiger partial charge in [-0.25, -0.2) is 0 Å². The minimum Gasteiger partial charge on any atom is -0.481 e. The summed E-state index contributed by atoms with van der Waals surface area (Å²) in [5.74, 6) is -0.628. The molecule has 4 nitrogen and oxygen atoms in total. The predicted molar refractivity (Wildman–Crippen MR) is 76.7 cm³/mol. The van der Waals surface area contributed by atoms with Gasteiger partial charge in [0.15, 0.2) is 0 Å². The Kier molecular flexibility index (Phi) is 3.80. The van der Waals surface area contributed by atoms with Crippen molar-refractivity contribution in [2.24, 2.45) is 5.41 Å². The molecule has 1 saturated carbocycles. The number of likely N-dealkylation sites (tertiary alicyclic amines) is 1. The van der Waals surface area contributed by atoms with Crippen LogP contribution in [0.1, 0.15) is 58.3 Å². The van der Waals surface area contributed by atoms with E-state index in [4.69, 9.17) is 4.74 Å². The zero-order chi connectivity index (χ0) is 14.2. The molecule has 1 aliphatic carbocycles. The molecule has 3 fully saturated rings. The molecule has 0 amide bonds. The molecule has 0 aromatic rings. The maximum Gasteiger partial charge on any atom is 0.309 e. The van der Waals surface area contributed by atoms with Crippen molar-refractivity contribution in [1.82, 2.24) is 4.90 Å². The highest BCUT2D eigenvalue weighted by Crippen LogP contribution is 2.42. The van der Waals surface area contributed by atoms with Gasteiger partial charge in [0.1, 0.15) is 0 Å². The van der Waals surface area contributed by atoms with E-state index in [1.54, 1.807) is 0 Å². The Balaban J connectivity index is 1.59. The van der Waals surface area contributed by atoms with Gasteiger partial charge in [-0.15, -0.1) is 0 Å². The van der Waals surface area contributed by atoms with Crippen LogP contribution >= 0.6 is 0 Å². The van der Waals surface area contributed by atoms with Crippen LogP contribution in [0.15, 0.2) is 0 Å². The van der Waals surface area contributed by atoms with Crippen molar-refractivity contribution in [3.63, 3.8) is 0 Å². The summed E-state index contributed by atoms with van der Waals surface area (Å²) < 4.78 is 6.11. The first kappa shape index (κ1) is 14.3. The number of hydrogen-bond donors (Lipinski definition) is 1. The van der Waals surface area contributed by atoms with E-state index in [9.17, 15) is 9.90 Å². The number of ether oxygens (including phenoxy) is 1. The van der Waals surface area contributed by atoms with Gasteiger partial charge in [0.25, 0.3) is 0 Å². The van der Waals surface area contributed by atoms with E-state index in [1.807, 2.05) is 6.92 Å². The summed E-state index contributed by atoms with van der Waals surface area (Å²) in [5, 5.41) is 9.32. The second-order valence-corrected chi connectivity index (χ2v) is 7.29. The summed E-state index contributed by atoms with van der Waals surface area (Å²) >= 11 is 0. The highest BCUT2D eigenvalue weighted by atomic mass is 16.5. The first-order chi connectivity index (χ1) is 9.53. The number of piperidine rings is 1. The van der Waals surface area contributed by atoms with Crippen LogP contribution < -0.4 is 0 Å². The maximum absolute atomic E-state index is 11.3. The molecule has 20 heavy (non-hydrogen) atoms. The normalized spacial score (nSPS) is 33.4. The van der Waals surface area contributed by atoms with Crippen molar-refractivity contribution in [2.45, 2.75) is 69.9 Å². The zero-order valence-corrected chi connectivity index (χ0v) is 12.6. The van der Waals surface area contributed by atoms with Gasteiger partial charge in [-0.2, -0.15) is 0 Å². The molecule has 2 saturated heterocycles. The molecular formula is C16H27NO3. The summed E-state index contributed by atoms with van der Waals surface area (Å²) in [7, 11) is 0. The first-order valence-corrected chi connectivity index (χ1v) is 8.15. The lowest BCUT2D eigenvalue weighted by molar-refractivity contribution is -0.152. The minimum atomic E-state index is -0.628. The van der Waals surface area contributed by atoms with Crippen molar-refractivity contribution in [2.75, 3.05) is 19.7 Å². The fraction of sp³-hybridized carbons (Fsp3) is 0.938. The molecule has 1 atom stereocenters. The zero-order valence-electron chi connectivity index (χ0n) is 12.6. The molecular weight excluding hydrogens is 254 g/mol. The van der Waals surface area contributed by atoms with Crippen LogP contribution in [0, 0.1) is 5.41 Å². The Bertz CT molecular complexity index is 368. The lowest BCUT2D eigenvalue weighted by Gasteiger charge is -2.46. The molecule has 1 N–H and O–H groups in total. The van der Waals surface area contributed by atoms with Crippen LogP contribution in [0.5, 0.6) is 0 Å². The standard InChI is InChI=1S/C16H27NO3/c1-15(14(18)19)7-9-17(10-8-15)13-4-11-20-16(12-13)5-2-3-6-16/h13H,2-12H2,1H3,(H,18,19). The molecule has 4 heteroatoms. The topological polar surface area (TPSA) is 49.8 Å². The lowest BCUT2D eigenvalue weighted by Crippen LogP contribution is -2.52. The Morgan fingerprint density at radius 1 is 1.20 bits per heavy atom. The molecule has 2 aliphatic heterocycles.